The lowest BCUT2D eigenvalue weighted by molar-refractivity contribution is 0.754. The second-order valence-corrected chi connectivity index (χ2v) is 11.2. The molecule has 0 aromatic carbocycles. The summed E-state index contributed by atoms with van der Waals surface area (Å²) in [6.45, 7) is 25.7. The molecular weight excluding hydrogens is 442 g/mol. The first-order chi connectivity index (χ1) is 16.8. The number of pyridine rings is 1. The lowest BCUT2D eigenvalue weighted by Crippen LogP contribution is -1.99. The summed E-state index contributed by atoms with van der Waals surface area (Å²) < 4.78 is 0. The van der Waals surface area contributed by atoms with Gasteiger partial charge in [-0.25, -0.2) is 9.97 Å². The Morgan fingerprint density at radius 3 is 1.03 bits per heavy atom. The molecule has 0 bridgehead atoms. The maximum absolute atomic E-state index is 4.40. The molecule has 0 unspecified atom stereocenters. The Kier molecular flexibility index (Phi) is 13.4. The van der Waals surface area contributed by atoms with E-state index in [0.717, 1.165) is 17.2 Å². The van der Waals surface area contributed by atoms with Crippen molar-refractivity contribution in [2.24, 2.45) is 0 Å². The highest BCUT2D eigenvalue weighted by Gasteiger charge is 2.05. The van der Waals surface area contributed by atoms with E-state index in [2.05, 4.69) is 120 Å². The molecule has 3 aromatic heterocycles. The van der Waals surface area contributed by atoms with Gasteiger partial charge in [-0.05, 0) is 46.8 Å². The van der Waals surface area contributed by atoms with Gasteiger partial charge in [0, 0.05) is 42.6 Å². The summed E-state index contributed by atoms with van der Waals surface area (Å²) in [5.41, 5.74) is 5.84. The van der Waals surface area contributed by atoms with Crippen molar-refractivity contribution in [1.29, 1.82) is 0 Å². The van der Waals surface area contributed by atoms with Gasteiger partial charge in [0.1, 0.15) is 5.82 Å². The first-order valence-electron chi connectivity index (χ1n) is 13.4. The van der Waals surface area contributed by atoms with E-state index in [-0.39, 0.29) is 0 Å². The molecule has 0 spiro atoms. The van der Waals surface area contributed by atoms with Gasteiger partial charge < -0.3 is 0 Å². The van der Waals surface area contributed by atoms with Gasteiger partial charge in [-0.2, -0.15) is 0 Å². The van der Waals surface area contributed by atoms with Crippen LogP contribution >= 0.6 is 0 Å². The van der Waals surface area contributed by atoms with Gasteiger partial charge in [0.2, 0.25) is 0 Å². The van der Waals surface area contributed by atoms with E-state index in [1.807, 2.05) is 31.0 Å². The quantitative estimate of drug-likeness (QED) is 0.345. The van der Waals surface area contributed by atoms with Crippen LogP contribution in [0.2, 0.25) is 0 Å². The molecule has 0 atom stereocenters. The first-order valence-corrected chi connectivity index (χ1v) is 13.4. The Bertz CT molecular complexity index is 758. The Hall–Kier alpha value is -2.69. The van der Waals surface area contributed by atoms with Crippen molar-refractivity contribution < 1.29 is 0 Å². The first kappa shape index (κ1) is 31.3. The highest BCUT2D eigenvalue weighted by Crippen LogP contribution is 2.17. The van der Waals surface area contributed by atoms with Gasteiger partial charge in [0.05, 0.1) is 11.4 Å². The van der Waals surface area contributed by atoms with E-state index in [1.54, 1.807) is 0 Å². The van der Waals surface area contributed by atoms with Crippen LogP contribution in [-0.2, 0) is 0 Å². The molecule has 0 aliphatic heterocycles. The molecule has 0 aliphatic carbocycles. The topological polar surface area (TPSA) is 64.5 Å². The largest absolute Gasteiger partial charge is 0.261 e. The minimum atomic E-state index is 0.422. The minimum absolute atomic E-state index is 0.422. The van der Waals surface area contributed by atoms with Crippen molar-refractivity contribution in [3.8, 4) is 0 Å². The van der Waals surface area contributed by atoms with Crippen molar-refractivity contribution in [2.45, 2.75) is 119 Å². The lowest BCUT2D eigenvalue weighted by atomic mass is 10.0. The van der Waals surface area contributed by atoms with Crippen LogP contribution in [0.1, 0.15) is 153 Å². The summed E-state index contributed by atoms with van der Waals surface area (Å²) >= 11 is 0. The van der Waals surface area contributed by atoms with Gasteiger partial charge in [-0.15, -0.1) is 0 Å². The molecule has 3 aromatic rings. The van der Waals surface area contributed by atoms with Crippen molar-refractivity contribution in [2.75, 3.05) is 0 Å². The van der Waals surface area contributed by atoms with E-state index in [4.69, 9.17) is 0 Å². The normalized spacial score (nSPS) is 11.2. The van der Waals surface area contributed by atoms with E-state index in [0.29, 0.717) is 35.5 Å². The number of hydrogen-bond donors (Lipinski definition) is 0. The van der Waals surface area contributed by atoms with Crippen LogP contribution in [0, 0.1) is 0 Å². The zero-order chi connectivity index (χ0) is 27.4. The van der Waals surface area contributed by atoms with Crippen LogP contribution in [0.25, 0.3) is 0 Å². The van der Waals surface area contributed by atoms with Crippen LogP contribution in [0.5, 0.6) is 0 Å². The predicted molar refractivity (Wildman–Crippen MR) is 153 cm³/mol. The number of nitrogens with zero attached hydrogens (tertiary/aromatic N) is 5. The van der Waals surface area contributed by atoms with Crippen LogP contribution in [0.15, 0.2) is 43.1 Å². The highest BCUT2D eigenvalue weighted by molar-refractivity contribution is 5.18. The third kappa shape index (κ3) is 10.9. The molecule has 0 saturated heterocycles. The number of rotatable bonds is 6. The van der Waals surface area contributed by atoms with Gasteiger partial charge in [-0.3, -0.25) is 15.0 Å². The summed E-state index contributed by atoms with van der Waals surface area (Å²) in [6, 6.07) is 4.30. The molecule has 0 fully saturated rings. The number of hydrogen-bond acceptors (Lipinski definition) is 5. The molecule has 198 valence electrons. The standard InChI is InChI=1S/C11H17N.2C10H16N2/c1-8(2)10-5-6-11(9(3)4)12-7-10;1-7(2)9-5-12-10(6-11-9)8(3)4;1-7(2)9-5-11-10(8(3)4)12-6-9/h5-9H,1-4H3;2*5-8H,1-4H3. The smallest absolute Gasteiger partial charge is 0.130 e. The molecule has 0 amide bonds. The molecule has 0 N–H and O–H groups in total. The summed E-state index contributed by atoms with van der Waals surface area (Å²) in [6.07, 6.45) is 9.58. The molecule has 0 saturated carbocycles. The van der Waals surface area contributed by atoms with Gasteiger partial charge >= 0.3 is 0 Å². The Morgan fingerprint density at radius 1 is 0.361 bits per heavy atom. The van der Waals surface area contributed by atoms with Crippen LogP contribution in [-0.4, -0.2) is 24.9 Å². The average molecular weight is 492 g/mol. The lowest BCUT2D eigenvalue weighted by Gasteiger charge is -2.07. The third-order valence-electron chi connectivity index (χ3n) is 5.82. The third-order valence-corrected chi connectivity index (χ3v) is 5.82. The van der Waals surface area contributed by atoms with Crippen molar-refractivity contribution in [3.63, 3.8) is 0 Å². The van der Waals surface area contributed by atoms with E-state index >= 15 is 0 Å². The molecule has 0 aliphatic rings. The molecule has 0 radical (unpaired) electrons. The summed E-state index contributed by atoms with van der Waals surface area (Å²) in [5.74, 6) is 3.93. The molecule has 5 heteroatoms. The fourth-order valence-corrected chi connectivity index (χ4v) is 2.99. The Labute approximate surface area is 220 Å². The molecule has 36 heavy (non-hydrogen) atoms. The van der Waals surface area contributed by atoms with Gasteiger partial charge in [-0.1, -0.05) is 89.2 Å². The zero-order valence-corrected chi connectivity index (χ0v) is 24.7. The van der Waals surface area contributed by atoms with Crippen LogP contribution < -0.4 is 0 Å². The molecule has 3 rings (SSSR count). The van der Waals surface area contributed by atoms with Crippen LogP contribution in [0.3, 0.4) is 0 Å². The van der Waals surface area contributed by atoms with Gasteiger partial charge in [0.25, 0.3) is 0 Å². The summed E-state index contributed by atoms with van der Waals surface area (Å²) in [5, 5.41) is 0. The maximum atomic E-state index is 4.40. The maximum Gasteiger partial charge on any atom is 0.130 e. The average Bonchev–Trinajstić information content (AvgIpc) is 2.84. The minimum Gasteiger partial charge on any atom is -0.261 e. The molecule has 3 heterocycles. The highest BCUT2D eigenvalue weighted by atomic mass is 14.9. The Balaban J connectivity index is 0.000000270. The van der Waals surface area contributed by atoms with Crippen molar-refractivity contribution in [3.05, 3.63) is 77.2 Å². The summed E-state index contributed by atoms with van der Waals surface area (Å²) in [7, 11) is 0. The van der Waals surface area contributed by atoms with E-state index < -0.39 is 0 Å². The molecular formula is C31H49N5. The zero-order valence-electron chi connectivity index (χ0n) is 24.7. The van der Waals surface area contributed by atoms with Crippen molar-refractivity contribution >= 4 is 0 Å². The number of aromatic nitrogens is 5. The Morgan fingerprint density at radius 2 is 0.750 bits per heavy atom. The van der Waals surface area contributed by atoms with E-state index in [1.165, 1.54) is 16.8 Å². The van der Waals surface area contributed by atoms with Gasteiger partial charge in [0.15, 0.2) is 0 Å². The monoisotopic (exact) mass is 491 g/mol. The van der Waals surface area contributed by atoms with E-state index in [9.17, 15) is 0 Å². The predicted octanol–water partition coefficient (Wildman–Crippen LogP) is 8.78. The fraction of sp³-hybridized carbons (Fsp3) is 0.581. The summed E-state index contributed by atoms with van der Waals surface area (Å²) in [4.78, 5) is 21.7. The second kappa shape index (κ2) is 15.4. The second-order valence-electron chi connectivity index (χ2n) is 11.2. The van der Waals surface area contributed by atoms with Crippen molar-refractivity contribution in [1.82, 2.24) is 24.9 Å². The SMILES string of the molecule is CC(C)c1ccc(C(C)C)nc1.CC(C)c1cnc(C(C)C)cn1.CC(C)c1cnc(C(C)C)nc1. The fourth-order valence-electron chi connectivity index (χ4n) is 2.99. The molecule has 5 nitrogen and oxygen atoms in total. The van der Waals surface area contributed by atoms with Crippen LogP contribution in [0.4, 0.5) is 0 Å².